The molecule has 16 heteroatoms. The van der Waals surface area contributed by atoms with E-state index in [0.717, 1.165) is 50.9 Å². The molecule has 6 atom stereocenters. The quantitative estimate of drug-likeness (QED) is 0.0758. The smallest absolute Gasteiger partial charge is 0.407 e. The van der Waals surface area contributed by atoms with Gasteiger partial charge in [-0.3, -0.25) is 9.69 Å². The number of amides is 3. The van der Waals surface area contributed by atoms with E-state index in [2.05, 4.69) is 57.0 Å². The monoisotopic (exact) mass is 870 g/mol. The van der Waals surface area contributed by atoms with Crippen molar-refractivity contribution in [2.24, 2.45) is 5.92 Å². The number of carbonyl (C=O) groups excluding carboxylic acids is 3. The lowest BCUT2D eigenvalue weighted by Crippen LogP contribution is -2.55. The SMILES string of the molecule is COC(=O)N[C@H](C1C=CC=CC1)C(O)N1CC=C[C@H]1c1ncc(-c2ccc(-c3cc4sc(-c5cnc([C@@H]6CCCN6C(=O)[C@H](NC(=O)OC)c6ccccc6)[nH]5)cc4s3)cc2)[nH]1. The summed E-state index contributed by atoms with van der Waals surface area (Å²) in [5.74, 6) is 1.12. The third kappa shape index (κ3) is 8.33. The number of benzene rings is 2. The number of aliphatic hydroxyl groups is 1. The number of allylic oxidation sites excluding steroid dienone is 3. The van der Waals surface area contributed by atoms with Crippen molar-refractivity contribution in [3.63, 3.8) is 0 Å². The van der Waals surface area contributed by atoms with Crippen LogP contribution in [0.25, 0.3) is 41.7 Å². The van der Waals surface area contributed by atoms with E-state index in [-0.39, 0.29) is 23.9 Å². The van der Waals surface area contributed by atoms with Gasteiger partial charge in [-0.15, -0.1) is 22.7 Å². The molecular formula is C46H46N8O6S2. The Morgan fingerprint density at radius 1 is 0.823 bits per heavy atom. The number of fused-ring (bicyclic) bond motifs is 1. The van der Waals surface area contributed by atoms with Crippen LogP contribution < -0.4 is 10.6 Å². The van der Waals surface area contributed by atoms with E-state index in [4.69, 9.17) is 19.4 Å². The number of nitrogens with zero attached hydrogens (tertiary/aromatic N) is 4. The number of rotatable bonds is 12. The number of nitrogens with one attached hydrogen (secondary N) is 4. The van der Waals surface area contributed by atoms with Gasteiger partial charge in [0.15, 0.2) is 0 Å². The molecular weight excluding hydrogens is 825 g/mol. The second-order valence-electron chi connectivity index (χ2n) is 15.4. The average molecular weight is 871 g/mol. The first-order chi connectivity index (χ1) is 30.3. The van der Waals surface area contributed by atoms with Gasteiger partial charge in [0, 0.05) is 33.3 Å². The third-order valence-electron chi connectivity index (χ3n) is 11.7. The number of imidazole rings is 2. The van der Waals surface area contributed by atoms with E-state index >= 15 is 0 Å². The first kappa shape index (κ1) is 41.0. The van der Waals surface area contributed by atoms with Crippen LogP contribution in [-0.2, 0) is 14.3 Å². The van der Waals surface area contributed by atoms with Crippen molar-refractivity contribution in [1.29, 1.82) is 0 Å². The third-order valence-corrected chi connectivity index (χ3v) is 14.1. The predicted octanol–water partition coefficient (Wildman–Crippen LogP) is 8.26. The number of thiophene rings is 2. The molecule has 4 aromatic heterocycles. The van der Waals surface area contributed by atoms with Crippen molar-refractivity contribution in [3.8, 4) is 32.3 Å². The minimum atomic E-state index is -0.991. The molecule has 6 aromatic rings. The molecule has 3 aliphatic rings. The Bertz CT molecular complexity index is 2610. The summed E-state index contributed by atoms with van der Waals surface area (Å²) in [6.07, 6.45) is 15.6. The molecule has 9 rings (SSSR count). The first-order valence-electron chi connectivity index (χ1n) is 20.5. The Morgan fingerprint density at radius 3 is 2.27 bits per heavy atom. The number of hydrogen-bond donors (Lipinski definition) is 5. The van der Waals surface area contributed by atoms with Gasteiger partial charge in [-0.25, -0.2) is 19.6 Å². The Hall–Kier alpha value is -6.33. The van der Waals surface area contributed by atoms with E-state index in [0.29, 0.717) is 30.9 Å². The Labute approximate surface area is 366 Å². The molecule has 0 spiro atoms. The van der Waals surface area contributed by atoms with Gasteiger partial charge < -0.3 is 40.1 Å². The van der Waals surface area contributed by atoms with Gasteiger partial charge in [0.05, 0.1) is 61.0 Å². The summed E-state index contributed by atoms with van der Waals surface area (Å²) in [6.45, 7) is 1.06. The maximum Gasteiger partial charge on any atom is 0.407 e. The largest absolute Gasteiger partial charge is 0.453 e. The highest BCUT2D eigenvalue weighted by molar-refractivity contribution is 7.31. The van der Waals surface area contributed by atoms with Gasteiger partial charge in [0.25, 0.3) is 5.91 Å². The molecule has 2 aromatic carbocycles. The van der Waals surface area contributed by atoms with Crippen LogP contribution in [0.2, 0.25) is 0 Å². The number of carbonyl (C=O) groups is 3. The Morgan fingerprint density at radius 2 is 1.52 bits per heavy atom. The van der Waals surface area contributed by atoms with Crippen LogP contribution in [-0.4, -0.2) is 92.5 Å². The van der Waals surface area contributed by atoms with Crippen molar-refractivity contribution in [1.82, 2.24) is 40.4 Å². The Kier molecular flexibility index (Phi) is 11.9. The molecule has 318 valence electrons. The van der Waals surface area contributed by atoms with Crippen molar-refractivity contribution < 1.29 is 29.0 Å². The minimum Gasteiger partial charge on any atom is -0.453 e. The van der Waals surface area contributed by atoms with Crippen LogP contribution in [0.15, 0.2) is 116 Å². The average Bonchev–Trinajstić information content (AvgIpc) is 4.17. The molecule has 1 saturated heterocycles. The first-order valence-corrected chi connectivity index (χ1v) is 22.1. The fraction of sp³-hybridized carbons (Fsp3) is 0.283. The number of aromatic amines is 2. The molecule has 62 heavy (non-hydrogen) atoms. The summed E-state index contributed by atoms with van der Waals surface area (Å²) in [5, 5.41) is 17.2. The van der Waals surface area contributed by atoms with Crippen LogP contribution in [0, 0.1) is 5.92 Å². The van der Waals surface area contributed by atoms with Crippen LogP contribution in [0.1, 0.15) is 54.6 Å². The molecule has 5 N–H and O–H groups in total. The number of H-pyrrole nitrogens is 2. The van der Waals surface area contributed by atoms with Crippen LogP contribution in [0.3, 0.4) is 0 Å². The number of likely N-dealkylation sites (tertiary alicyclic amines) is 1. The lowest BCUT2D eigenvalue weighted by atomic mass is 9.91. The Balaban J connectivity index is 0.865. The van der Waals surface area contributed by atoms with Crippen LogP contribution in [0.5, 0.6) is 0 Å². The van der Waals surface area contributed by atoms with E-state index in [1.54, 1.807) is 27.6 Å². The maximum absolute atomic E-state index is 13.9. The van der Waals surface area contributed by atoms with E-state index in [1.165, 1.54) is 23.6 Å². The highest BCUT2D eigenvalue weighted by Crippen LogP contribution is 2.43. The summed E-state index contributed by atoms with van der Waals surface area (Å²) in [5.41, 5.74) is 4.54. The maximum atomic E-state index is 13.9. The fourth-order valence-electron chi connectivity index (χ4n) is 8.51. The molecule has 14 nitrogen and oxygen atoms in total. The van der Waals surface area contributed by atoms with Gasteiger partial charge in [-0.1, -0.05) is 91.1 Å². The van der Waals surface area contributed by atoms with E-state index in [9.17, 15) is 19.5 Å². The van der Waals surface area contributed by atoms with Gasteiger partial charge >= 0.3 is 12.2 Å². The number of methoxy groups -OCH3 is 2. The van der Waals surface area contributed by atoms with E-state index in [1.807, 2.05) is 84.1 Å². The van der Waals surface area contributed by atoms with Gasteiger partial charge in [0.1, 0.15) is 23.9 Å². The van der Waals surface area contributed by atoms with Crippen LogP contribution >= 0.6 is 22.7 Å². The lowest BCUT2D eigenvalue weighted by molar-refractivity contribution is -0.134. The molecule has 2 aliphatic heterocycles. The number of ether oxygens (including phenoxy) is 2. The number of hydrogen-bond acceptors (Lipinski definition) is 11. The molecule has 1 aliphatic carbocycles. The minimum absolute atomic E-state index is 0.0973. The predicted molar refractivity (Wildman–Crippen MR) is 239 cm³/mol. The zero-order chi connectivity index (χ0) is 42.7. The second-order valence-corrected chi connectivity index (χ2v) is 17.6. The highest BCUT2D eigenvalue weighted by atomic mass is 32.1. The molecule has 1 fully saturated rings. The molecule has 0 saturated carbocycles. The van der Waals surface area contributed by atoms with Gasteiger partial charge in [-0.05, 0) is 48.1 Å². The van der Waals surface area contributed by atoms with Crippen molar-refractivity contribution in [2.45, 2.75) is 49.7 Å². The summed E-state index contributed by atoms with van der Waals surface area (Å²) < 4.78 is 12.1. The molecule has 3 amide bonds. The number of aliphatic hydroxyl groups excluding tert-OH is 1. The summed E-state index contributed by atoms with van der Waals surface area (Å²) in [4.78, 5) is 60.9. The number of alkyl carbamates (subject to hydrolysis) is 2. The topological polar surface area (TPSA) is 178 Å². The molecule has 0 radical (unpaired) electrons. The van der Waals surface area contributed by atoms with Crippen LogP contribution in [0.4, 0.5) is 9.59 Å². The van der Waals surface area contributed by atoms with Crippen molar-refractivity contribution in [3.05, 3.63) is 133 Å². The van der Waals surface area contributed by atoms with Crippen molar-refractivity contribution >= 4 is 50.2 Å². The van der Waals surface area contributed by atoms with Gasteiger partial charge in [-0.2, -0.15) is 0 Å². The molecule has 0 bridgehead atoms. The zero-order valence-corrected chi connectivity index (χ0v) is 35.7. The van der Waals surface area contributed by atoms with Crippen molar-refractivity contribution in [2.75, 3.05) is 27.3 Å². The lowest BCUT2D eigenvalue weighted by Gasteiger charge is -2.37. The fourth-order valence-corrected chi connectivity index (χ4v) is 10.9. The normalized spacial score (nSPS) is 20.0. The number of aromatic nitrogens is 4. The zero-order valence-electron chi connectivity index (χ0n) is 34.1. The molecule has 2 unspecified atom stereocenters. The second kappa shape index (κ2) is 17.9. The molecule has 6 heterocycles. The summed E-state index contributed by atoms with van der Waals surface area (Å²) in [6, 6.07) is 20.0. The summed E-state index contributed by atoms with van der Waals surface area (Å²) in [7, 11) is 2.60. The van der Waals surface area contributed by atoms with E-state index < -0.39 is 30.5 Å². The standard InChI is InChI=1S/C46H46N8O6S2/c1-59-45(57)51-39(29-11-5-3-6-12-29)43(55)53-21-9-15-33(53)41-47-25-31(49-41)27-17-19-28(20-18-27)35-23-37-38(61-35)24-36(62-37)32-26-48-42(50-32)34-16-10-22-54(34)44(56)40(52-46(58)60-2)30-13-7-4-8-14-30/h3-9,11,13-15,17-20,23-26,29,33-34,39-40,43,55H,10,12,16,21-22H2,1-2H3,(H,47,49)(H,48,50)(H,51,57)(H,52,58)/t29?,33-,34-,39+,40+,43?/m0/s1. The van der Waals surface area contributed by atoms with Gasteiger partial charge in [0.2, 0.25) is 0 Å². The highest BCUT2D eigenvalue weighted by Gasteiger charge is 2.39. The summed E-state index contributed by atoms with van der Waals surface area (Å²) >= 11 is 3.43.